The summed E-state index contributed by atoms with van der Waals surface area (Å²) in [6, 6.07) is 23.5. The van der Waals surface area contributed by atoms with Crippen molar-refractivity contribution in [2.45, 2.75) is 18.3 Å². The van der Waals surface area contributed by atoms with Crippen LogP contribution >= 0.6 is 0 Å². The Balaban J connectivity index is 1.48. The van der Waals surface area contributed by atoms with Crippen molar-refractivity contribution in [3.8, 4) is 33.8 Å². The first kappa shape index (κ1) is 19.5. The molecule has 0 saturated heterocycles. The molecule has 33 heavy (non-hydrogen) atoms. The largest absolute Gasteiger partial charge is 0.420 e. The van der Waals surface area contributed by atoms with Gasteiger partial charge < -0.3 is 8.94 Å². The van der Waals surface area contributed by atoms with Crippen LogP contribution in [0.4, 0.5) is 8.78 Å². The molecule has 0 unspecified atom stereocenters. The molecule has 0 bridgehead atoms. The van der Waals surface area contributed by atoms with Crippen LogP contribution in [0.3, 0.4) is 0 Å². The van der Waals surface area contributed by atoms with E-state index in [0.717, 1.165) is 47.7 Å². The van der Waals surface area contributed by atoms with E-state index in [1.807, 2.05) is 54.6 Å². The maximum absolute atomic E-state index is 13.7. The van der Waals surface area contributed by atoms with E-state index in [9.17, 15) is 8.78 Å². The van der Waals surface area contributed by atoms with Gasteiger partial charge in [-0.15, -0.1) is 10.2 Å². The first-order valence-corrected chi connectivity index (χ1v) is 10.5. The molecule has 0 spiro atoms. The normalized spacial score (nSPS) is 14.4. The zero-order valence-electron chi connectivity index (χ0n) is 17.3. The monoisotopic (exact) mass is 440 g/mol. The first-order chi connectivity index (χ1) is 16.1. The van der Waals surface area contributed by atoms with Gasteiger partial charge in [-0.3, -0.25) is 0 Å². The van der Waals surface area contributed by atoms with Crippen molar-refractivity contribution in [2.24, 2.45) is 0 Å². The van der Waals surface area contributed by atoms with E-state index in [-0.39, 0.29) is 11.5 Å². The number of hydrogen-bond donors (Lipinski definition) is 0. The fourth-order valence-electron chi connectivity index (χ4n) is 4.10. The molecule has 5 nitrogen and oxygen atoms in total. The fourth-order valence-corrected chi connectivity index (χ4v) is 4.10. The predicted molar refractivity (Wildman–Crippen MR) is 116 cm³/mol. The highest BCUT2D eigenvalue weighted by atomic mass is 19.1. The van der Waals surface area contributed by atoms with Gasteiger partial charge >= 0.3 is 0 Å². The van der Waals surface area contributed by atoms with Crippen molar-refractivity contribution in [1.29, 1.82) is 0 Å². The van der Waals surface area contributed by atoms with E-state index in [2.05, 4.69) is 21.4 Å². The van der Waals surface area contributed by atoms with Gasteiger partial charge in [-0.1, -0.05) is 59.8 Å². The van der Waals surface area contributed by atoms with Gasteiger partial charge in [-0.25, -0.2) is 8.78 Å². The van der Waals surface area contributed by atoms with Crippen molar-refractivity contribution in [1.82, 2.24) is 15.4 Å². The highest BCUT2D eigenvalue weighted by molar-refractivity contribution is 5.83. The minimum absolute atomic E-state index is 0.0503. The fraction of sp³-hybridized carbons (Fsp3) is 0.115. The van der Waals surface area contributed by atoms with Crippen molar-refractivity contribution >= 4 is 0 Å². The third kappa shape index (κ3) is 3.33. The molecule has 1 aliphatic rings. The molecule has 2 aromatic heterocycles. The van der Waals surface area contributed by atoms with Crippen molar-refractivity contribution in [3.05, 3.63) is 102 Å². The van der Waals surface area contributed by atoms with Gasteiger partial charge in [0.25, 0.3) is 0 Å². The van der Waals surface area contributed by atoms with Crippen LogP contribution in [-0.4, -0.2) is 15.4 Å². The number of benzene rings is 3. The molecule has 0 aliphatic heterocycles. The molecule has 3 aromatic carbocycles. The summed E-state index contributed by atoms with van der Waals surface area (Å²) in [7, 11) is 0. The molecule has 1 radical (unpaired) electrons. The number of halogens is 2. The summed E-state index contributed by atoms with van der Waals surface area (Å²) in [6.45, 7) is 0. The van der Waals surface area contributed by atoms with Gasteiger partial charge in [0.2, 0.25) is 11.8 Å². The van der Waals surface area contributed by atoms with Crippen LogP contribution < -0.4 is 0 Å². The minimum Gasteiger partial charge on any atom is -0.420 e. The lowest BCUT2D eigenvalue weighted by molar-refractivity contribution is 0.345. The highest BCUT2D eigenvalue weighted by Crippen LogP contribution is 2.57. The van der Waals surface area contributed by atoms with Gasteiger partial charge in [0, 0.05) is 17.2 Å². The number of hydrogen-bond acceptors (Lipinski definition) is 5. The Morgan fingerprint density at radius 3 is 2.24 bits per heavy atom. The lowest BCUT2D eigenvalue weighted by Gasteiger charge is -2.10. The van der Waals surface area contributed by atoms with Crippen LogP contribution in [0.1, 0.15) is 24.5 Å². The third-order valence-corrected chi connectivity index (χ3v) is 5.87. The summed E-state index contributed by atoms with van der Waals surface area (Å²) in [5.41, 5.74) is 2.96. The maximum Gasteiger partial charge on any atom is 0.247 e. The molecule has 0 N–H and O–H groups in total. The molecular weight excluding hydrogens is 424 g/mol. The number of aromatic nitrogens is 3. The molecule has 6 rings (SSSR count). The molecule has 5 aromatic rings. The van der Waals surface area contributed by atoms with Gasteiger partial charge in [0.05, 0.1) is 5.56 Å². The second-order valence-corrected chi connectivity index (χ2v) is 8.04. The molecule has 7 heteroatoms. The van der Waals surface area contributed by atoms with E-state index in [1.165, 1.54) is 0 Å². The molecule has 2 heterocycles. The Morgan fingerprint density at radius 1 is 0.818 bits per heavy atom. The SMILES string of the molecule is Fc1cc(F)cc(-c2nnc(C3(c4onc(-c5cc[c]cc5)c4-c4ccccc4)CC3)o2)c1. The summed E-state index contributed by atoms with van der Waals surface area (Å²) in [5.74, 6) is -0.399. The summed E-state index contributed by atoms with van der Waals surface area (Å²) in [5, 5.41) is 12.7. The average Bonchev–Trinajstić information content (AvgIpc) is 3.28. The summed E-state index contributed by atoms with van der Waals surface area (Å²) in [4.78, 5) is 0. The Kier molecular flexibility index (Phi) is 4.43. The van der Waals surface area contributed by atoms with Gasteiger partial charge in [-0.05, 0) is 36.6 Å². The molecule has 1 fully saturated rings. The molecule has 1 aliphatic carbocycles. The quantitative estimate of drug-likeness (QED) is 0.325. The molecule has 0 atom stereocenters. The third-order valence-electron chi connectivity index (χ3n) is 5.87. The van der Waals surface area contributed by atoms with E-state index in [4.69, 9.17) is 8.94 Å². The lowest BCUT2D eigenvalue weighted by Crippen LogP contribution is -2.09. The van der Waals surface area contributed by atoms with Crippen molar-refractivity contribution in [2.75, 3.05) is 0 Å². The van der Waals surface area contributed by atoms with Gasteiger partial charge in [0.15, 0.2) is 5.76 Å². The van der Waals surface area contributed by atoms with Crippen LogP contribution in [0, 0.1) is 17.7 Å². The minimum atomic E-state index is -0.711. The Morgan fingerprint density at radius 2 is 1.55 bits per heavy atom. The lowest BCUT2D eigenvalue weighted by atomic mass is 9.92. The van der Waals surface area contributed by atoms with Crippen LogP contribution in [0.25, 0.3) is 33.8 Å². The molecule has 161 valence electrons. The second-order valence-electron chi connectivity index (χ2n) is 8.04. The zero-order chi connectivity index (χ0) is 22.4. The Hall–Kier alpha value is -4.13. The van der Waals surface area contributed by atoms with Crippen molar-refractivity contribution in [3.63, 3.8) is 0 Å². The van der Waals surface area contributed by atoms with Crippen LogP contribution in [0.2, 0.25) is 0 Å². The molecular formula is C26H16F2N3O2. The van der Waals surface area contributed by atoms with E-state index < -0.39 is 17.0 Å². The average molecular weight is 440 g/mol. The zero-order valence-corrected chi connectivity index (χ0v) is 17.3. The van der Waals surface area contributed by atoms with Crippen LogP contribution in [0.5, 0.6) is 0 Å². The summed E-state index contributed by atoms with van der Waals surface area (Å²) < 4.78 is 39.2. The maximum atomic E-state index is 13.7. The highest BCUT2D eigenvalue weighted by Gasteiger charge is 2.56. The standard InChI is InChI=1S/C26H16F2N3O2/c27-19-13-18(14-20(28)15-19)24-29-30-25(32-24)26(11-12-26)23-21(16-7-3-1-4-8-16)22(31-33-23)17-9-5-2-6-10-17/h1,3-10,13-15H,11-12H2. The smallest absolute Gasteiger partial charge is 0.247 e. The Labute approximate surface area is 187 Å². The van der Waals surface area contributed by atoms with Gasteiger partial charge in [0.1, 0.15) is 22.7 Å². The topological polar surface area (TPSA) is 65.0 Å². The molecule has 0 amide bonds. The summed E-state index contributed by atoms with van der Waals surface area (Å²) in [6.07, 6.45) is 1.45. The summed E-state index contributed by atoms with van der Waals surface area (Å²) >= 11 is 0. The van der Waals surface area contributed by atoms with E-state index >= 15 is 0 Å². The molecule has 1 saturated carbocycles. The number of nitrogens with zero attached hydrogens (tertiary/aromatic N) is 3. The van der Waals surface area contributed by atoms with Crippen LogP contribution in [-0.2, 0) is 5.41 Å². The van der Waals surface area contributed by atoms with E-state index in [1.54, 1.807) is 0 Å². The van der Waals surface area contributed by atoms with Gasteiger partial charge in [-0.2, -0.15) is 0 Å². The van der Waals surface area contributed by atoms with E-state index in [0.29, 0.717) is 17.3 Å². The predicted octanol–water partition coefficient (Wildman–Crippen LogP) is 6.22. The Bertz CT molecular complexity index is 1420. The van der Waals surface area contributed by atoms with Crippen LogP contribution in [0.15, 0.2) is 81.7 Å². The first-order valence-electron chi connectivity index (χ1n) is 10.5. The second kappa shape index (κ2) is 7.48. The van der Waals surface area contributed by atoms with Crippen molar-refractivity contribution < 1.29 is 17.7 Å². The number of rotatable bonds is 5.